The number of amides is 1. The summed E-state index contributed by atoms with van der Waals surface area (Å²) in [5.74, 6) is -0.859. The first-order chi connectivity index (χ1) is 16.0. The summed E-state index contributed by atoms with van der Waals surface area (Å²) in [7, 11) is 1.57. The number of aromatic amines is 1. The van der Waals surface area contributed by atoms with Gasteiger partial charge in [-0.05, 0) is 48.4 Å². The Morgan fingerprint density at radius 3 is 2.45 bits per heavy atom. The molecule has 2 heterocycles. The number of Topliss-reactive ketones (excluding diaryl/α,β-unsaturated/α-hetero) is 1. The molecule has 0 spiro atoms. The van der Waals surface area contributed by atoms with Crippen LogP contribution in [0.5, 0.6) is 5.75 Å². The highest BCUT2D eigenvalue weighted by molar-refractivity contribution is 6.51. The Morgan fingerprint density at radius 2 is 1.76 bits per heavy atom. The van der Waals surface area contributed by atoms with Gasteiger partial charge >= 0.3 is 5.91 Å². The number of ether oxygens (including phenoxy) is 1. The van der Waals surface area contributed by atoms with E-state index in [-0.39, 0.29) is 17.3 Å². The number of nitrogens with zero attached hydrogens (tertiary/aromatic N) is 2. The molecule has 1 unspecified atom stereocenters. The fraction of sp³-hybridized carbons (Fsp3) is 0.115. The number of benzene rings is 3. The van der Waals surface area contributed by atoms with Gasteiger partial charge in [0.05, 0.1) is 29.8 Å². The minimum absolute atomic E-state index is 0.0104. The molecule has 1 amide bonds. The summed E-state index contributed by atoms with van der Waals surface area (Å²) >= 11 is 0. The standard InChI is InChI=1S/C26H21N3O4/c1-15-14-17(12-13-20(15)33-2)23(30)21-22(16-8-4-3-5-9-16)29(25(32)24(21)31)26-27-18-10-6-7-11-19(18)28-26/h3-14,22,30H,1-2H3,(H,27,28)/b23-21+. The van der Waals surface area contributed by atoms with Crippen LogP contribution in [-0.2, 0) is 9.59 Å². The summed E-state index contributed by atoms with van der Waals surface area (Å²) in [5.41, 5.74) is 3.33. The zero-order valence-corrected chi connectivity index (χ0v) is 18.1. The zero-order valence-electron chi connectivity index (χ0n) is 18.1. The van der Waals surface area contributed by atoms with E-state index in [4.69, 9.17) is 4.74 Å². The van der Waals surface area contributed by atoms with Gasteiger partial charge in [-0.1, -0.05) is 42.5 Å². The monoisotopic (exact) mass is 439 g/mol. The van der Waals surface area contributed by atoms with E-state index >= 15 is 0 Å². The summed E-state index contributed by atoms with van der Waals surface area (Å²) in [6.07, 6.45) is 0. The van der Waals surface area contributed by atoms with E-state index in [1.165, 1.54) is 4.90 Å². The van der Waals surface area contributed by atoms with Crippen LogP contribution < -0.4 is 9.64 Å². The fourth-order valence-electron chi connectivity index (χ4n) is 4.24. The van der Waals surface area contributed by atoms with Crippen LogP contribution in [0.2, 0.25) is 0 Å². The number of carbonyl (C=O) groups excluding carboxylic acids is 2. The zero-order chi connectivity index (χ0) is 23.1. The number of methoxy groups -OCH3 is 1. The van der Waals surface area contributed by atoms with Crippen LogP contribution in [-0.4, -0.2) is 33.9 Å². The Labute approximate surface area is 190 Å². The van der Waals surface area contributed by atoms with Crippen molar-refractivity contribution >= 4 is 34.4 Å². The molecule has 7 heteroatoms. The maximum Gasteiger partial charge on any atom is 0.302 e. The maximum atomic E-state index is 13.2. The number of rotatable bonds is 4. The van der Waals surface area contributed by atoms with Crippen molar-refractivity contribution in [1.29, 1.82) is 0 Å². The molecule has 0 aliphatic carbocycles. The number of carbonyl (C=O) groups is 2. The van der Waals surface area contributed by atoms with Crippen molar-refractivity contribution in [3.05, 3.63) is 95.1 Å². The van der Waals surface area contributed by atoms with Crippen molar-refractivity contribution < 1.29 is 19.4 Å². The van der Waals surface area contributed by atoms with Gasteiger partial charge in [0.1, 0.15) is 11.5 Å². The second-order valence-electron chi connectivity index (χ2n) is 7.84. The Kier molecular flexibility index (Phi) is 4.94. The number of aryl methyl sites for hydroxylation is 1. The van der Waals surface area contributed by atoms with Gasteiger partial charge in [-0.25, -0.2) is 4.98 Å². The number of fused-ring (bicyclic) bond motifs is 1. The van der Waals surface area contributed by atoms with Gasteiger partial charge in [0.15, 0.2) is 0 Å². The van der Waals surface area contributed by atoms with E-state index in [1.807, 2.05) is 61.5 Å². The van der Waals surface area contributed by atoms with Gasteiger partial charge in [-0.3, -0.25) is 14.5 Å². The molecule has 7 nitrogen and oxygen atoms in total. The average molecular weight is 439 g/mol. The van der Waals surface area contributed by atoms with Crippen molar-refractivity contribution in [2.45, 2.75) is 13.0 Å². The van der Waals surface area contributed by atoms with Crippen LogP contribution in [0, 0.1) is 6.92 Å². The minimum Gasteiger partial charge on any atom is -0.507 e. The number of hydrogen-bond donors (Lipinski definition) is 2. The molecule has 0 bridgehead atoms. The summed E-state index contributed by atoms with van der Waals surface area (Å²) in [6.45, 7) is 1.84. The van der Waals surface area contributed by atoms with Crippen molar-refractivity contribution in [1.82, 2.24) is 9.97 Å². The molecular weight excluding hydrogens is 418 g/mol. The number of H-pyrrole nitrogens is 1. The number of anilines is 1. The van der Waals surface area contributed by atoms with Gasteiger partial charge in [0.25, 0.3) is 5.78 Å². The molecule has 4 aromatic rings. The van der Waals surface area contributed by atoms with Crippen molar-refractivity contribution in [3.8, 4) is 5.75 Å². The number of ketones is 1. The SMILES string of the molecule is COc1ccc(/C(O)=C2\C(=O)C(=O)N(c3nc4ccccc4[nH]3)C2c2ccccc2)cc1C. The lowest BCUT2D eigenvalue weighted by molar-refractivity contribution is -0.132. The molecule has 1 fully saturated rings. The van der Waals surface area contributed by atoms with E-state index in [0.29, 0.717) is 22.4 Å². The Balaban J connectivity index is 1.72. The average Bonchev–Trinajstić information content (AvgIpc) is 3.37. The van der Waals surface area contributed by atoms with E-state index in [1.54, 1.807) is 25.3 Å². The second-order valence-corrected chi connectivity index (χ2v) is 7.84. The third-order valence-electron chi connectivity index (χ3n) is 5.83. The van der Waals surface area contributed by atoms with Crippen LogP contribution >= 0.6 is 0 Å². The Morgan fingerprint density at radius 1 is 1.03 bits per heavy atom. The summed E-state index contributed by atoms with van der Waals surface area (Å²) in [4.78, 5) is 35.5. The molecule has 0 radical (unpaired) electrons. The first-order valence-corrected chi connectivity index (χ1v) is 10.5. The van der Waals surface area contributed by atoms with Gasteiger partial charge < -0.3 is 14.8 Å². The molecule has 1 atom stereocenters. The number of nitrogens with one attached hydrogen (secondary N) is 1. The molecule has 1 saturated heterocycles. The maximum absolute atomic E-state index is 13.2. The largest absolute Gasteiger partial charge is 0.507 e. The van der Waals surface area contributed by atoms with Crippen molar-refractivity contribution in [3.63, 3.8) is 0 Å². The van der Waals surface area contributed by atoms with Gasteiger partial charge in [-0.15, -0.1) is 0 Å². The Bertz CT molecular complexity index is 1390. The number of aliphatic hydroxyl groups excluding tert-OH is 1. The molecule has 3 aromatic carbocycles. The highest BCUT2D eigenvalue weighted by Crippen LogP contribution is 2.41. The highest BCUT2D eigenvalue weighted by atomic mass is 16.5. The van der Waals surface area contributed by atoms with Gasteiger partial charge in [0, 0.05) is 5.56 Å². The molecule has 33 heavy (non-hydrogen) atoms. The lowest BCUT2D eigenvalue weighted by Gasteiger charge is -2.23. The minimum atomic E-state index is -0.839. The predicted molar refractivity (Wildman–Crippen MR) is 125 cm³/mol. The third kappa shape index (κ3) is 3.34. The number of aliphatic hydroxyl groups is 1. The Hall–Kier alpha value is -4.39. The quantitative estimate of drug-likeness (QED) is 0.277. The topological polar surface area (TPSA) is 95.5 Å². The first kappa shape index (κ1) is 20.5. The number of imidazole rings is 1. The smallest absolute Gasteiger partial charge is 0.302 e. The summed E-state index contributed by atoms with van der Waals surface area (Å²) < 4.78 is 5.30. The van der Waals surface area contributed by atoms with Crippen molar-refractivity contribution in [2.75, 3.05) is 12.0 Å². The predicted octanol–water partition coefficient (Wildman–Crippen LogP) is 4.51. The van der Waals surface area contributed by atoms with E-state index in [2.05, 4.69) is 9.97 Å². The normalized spacial score (nSPS) is 17.6. The van der Waals surface area contributed by atoms with E-state index < -0.39 is 17.7 Å². The van der Waals surface area contributed by atoms with Crippen LogP contribution in [0.4, 0.5) is 5.95 Å². The van der Waals surface area contributed by atoms with Gasteiger partial charge in [-0.2, -0.15) is 0 Å². The first-order valence-electron chi connectivity index (χ1n) is 10.5. The molecule has 2 N–H and O–H groups in total. The summed E-state index contributed by atoms with van der Waals surface area (Å²) in [5, 5.41) is 11.2. The molecule has 0 saturated carbocycles. The fourth-order valence-corrected chi connectivity index (χ4v) is 4.24. The number of hydrogen-bond acceptors (Lipinski definition) is 5. The number of para-hydroxylation sites is 2. The highest BCUT2D eigenvalue weighted by Gasteiger charge is 2.48. The summed E-state index contributed by atoms with van der Waals surface area (Å²) in [6, 6.07) is 20.8. The van der Waals surface area contributed by atoms with Crippen molar-refractivity contribution in [2.24, 2.45) is 0 Å². The van der Waals surface area contributed by atoms with Crippen LogP contribution in [0.25, 0.3) is 16.8 Å². The molecule has 1 aliphatic rings. The molecule has 164 valence electrons. The number of aromatic nitrogens is 2. The van der Waals surface area contributed by atoms with E-state index in [9.17, 15) is 14.7 Å². The molecular formula is C26H21N3O4. The molecule has 1 aliphatic heterocycles. The molecule has 1 aromatic heterocycles. The lowest BCUT2D eigenvalue weighted by Crippen LogP contribution is -2.30. The van der Waals surface area contributed by atoms with E-state index in [0.717, 1.165) is 11.1 Å². The third-order valence-corrected chi connectivity index (χ3v) is 5.83. The van der Waals surface area contributed by atoms with Crippen LogP contribution in [0.1, 0.15) is 22.7 Å². The van der Waals surface area contributed by atoms with Crippen LogP contribution in [0.15, 0.2) is 78.4 Å². The lowest BCUT2D eigenvalue weighted by atomic mass is 9.95. The van der Waals surface area contributed by atoms with Crippen LogP contribution in [0.3, 0.4) is 0 Å². The van der Waals surface area contributed by atoms with Gasteiger partial charge in [0.2, 0.25) is 5.95 Å². The molecule has 5 rings (SSSR count). The second kappa shape index (κ2) is 7.94.